The number of ether oxygens (including phenoxy) is 2. The first-order valence-electron chi connectivity index (χ1n) is 7.06. The van der Waals surface area contributed by atoms with Crippen LogP contribution >= 0.6 is 0 Å². The van der Waals surface area contributed by atoms with Crippen LogP contribution in [0, 0.1) is 0 Å². The molecule has 1 unspecified atom stereocenters. The second-order valence-corrected chi connectivity index (χ2v) is 4.76. The molecule has 0 saturated carbocycles. The summed E-state index contributed by atoms with van der Waals surface area (Å²) in [5.41, 5.74) is -0.651. The number of benzene rings is 1. The van der Waals surface area contributed by atoms with Crippen LogP contribution in [0.1, 0.15) is 13.3 Å². The number of hydrogen-bond acceptors (Lipinski definition) is 7. The van der Waals surface area contributed by atoms with Crippen LogP contribution in [0.4, 0.5) is 0 Å². The van der Waals surface area contributed by atoms with E-state index in [4.69, 9.17) is 19.0 Å². The first-order chi connectivity index (χ1) is 11.1. The highest BCUT2D eigenvalue weighted by molar-refractivity contribution is 5.91. The van der Waals surface area contributed by atoms with Crippen molar-refractivity contribution in [2.45, 2.75) is 19.4 Å². The van der Waals surface area contributed by atoms with E-state index < -0.39 is 11.7 Å². The van der Waals surface area contributed by atoms with Gasteiger partial charge in [-0.05, 0) is 19.1 Å². The van der Waals surface area contributed by atoms with Crippen LogP contribution in [0.25, 0.3) is 11.0 Å². The standard InChI is InChI=1S/C16H18O7/c1-2-7-22-15-14(19)13-11(21-8-6-10(18)9-17)4-3-5-12(13)23-16(15)20/h2-5,7,10,17-19H,6,8-9H2,1H3/b7-2-. The predicted molar refractivity (Wildman–Crippen MR) is 82.8 cm³/mol. The van der Waals surface area contributed by atoms with Crippen LogP contribution in [0.5, 0.6) is 17.2 Å². The molecule has 2 aromatic rings. The lowest BCUT2D eigenvalue weighted by Crippen LogP contribution is -2.15. The molecule has 23 heavy (non-hydrogen) atoms. The van der Waals surface area contributed by atoms with E-state index in [2.05, 4.69) is 0 Å². The third-order valence-corrected chi connectivity index (χ3v) is 3.07. The molecule has 0 amide bonds. The largest absolute Gasteiger partial charge is 0.503 e. The second kappa shape index (κ2) is 7.66. The summed E-state index contributed by atoms with van der Waals surface area (Å²) in [7, 11) is 0. The fraction of sp³-hybridized carbons (Fsp3) is 0.312. The van der Waals surface area contributed by atoms with Crippen LogP contribution in [-0.2, 0) is 0 Å². The fourth-order valence-electron chi connectivity index (χ4n) is 1.94. The van der Waals surface area contributed by atoms with E-state index in [1.54, 1.807) is 25.1 Å². The van der Waals surface area contributed by atoms with Gasteiger partial charge in [-0.2, -0.15) is 0 Å². The van der Waals surface area contributed by atoms with Crippen molar-refractivity contribution in [3.8, 4) is 17.2 Å². The van der Waals surface area contributed by atoms with Gasteiger partial charge in [0.05, 0.1) is 25.6 Å². The van der Waals surface area contributed by atoms with Gasteiger partial charge in [-0.1, -0.05) is 12.1 Å². The van der Waals surface area contributed by atoms with Crippen molar-refractivity contribution in [1.29, 1.82) is 0 Å². The zero-order chi connectivity index (χ0) is 16.8. The average molecular weight is 322 g/mol. The molecule has 124 valence electrons. The number of hydrogen-bond donors (Lipinski definition) is 3. The average Bonchev–Trinajstić information content (AvgIpc) is 2.54. The van der Waals surface area contributed by atoms with E-state index in [1.807, 2.05) is 0 Å². The number of fused-ring (bicyclic) bond motifs is 1. The van der Waals surface area contributed by atoms with E-state index in [1.165, 1.54) is 12.3 Å². The molecule has 3 N–H and O–H groups in total. The molecule has 0 aliphatic carbocycles. The molecule has 0 bridgehead atoms. The van der Waals surface area contributed by atoms with Crippen molar-refractivity contribution < 1.29 is 29.2 Å². The van der Waals surface area contributed by atoms with Gasteiger partial charge in [-0.3, -0.25) is 0 Å². The summed E-state index contributed by atoms with van der Waals surface area (Å²) < 4.78 is 15.7. The Balaban J connectivity index is 2.39. The van der Waals surface area contributed by atoms with Crippen molar-refractivity contribution in [2.75, 3.05) is 13.2 Å². The molecule has 1 heterocycles. The predicted octanol–water partition coefficient (Wildman–Crippen LogP) is 1.53. The molecule has 7 heteroatoms. The Morgan fingerprint density at radius 2 is 2.17 bits per heavy atom. The van der Waals surface area contributed by atoms with Gasteiger partial charge in [0.1, 0.15) is 16.7 Å². The van der Waals surface area contributed by atoms with Gasteiger partial charge < -0.3 is 29.2 Å². The molecular weight excluding hydrogens is 304 g/mol. The summed E-state index contributed by atoms with van der Waals surface area (Å²) in [6, 6.07) is 4.72. The van der Waals surface area contributed by atoms with E-state index >= 15 is 0 Å². The number of aromatic hydroxyl groups is 1. The van der Waals surface area contributed by atoms with Gasteiger partial charge in [0, 0.05) is 6.42 Å². The van der Waals surface area contributed by atoms with Crippen molar-refractivity contribution in [3.63, 3.8) is 0 Å². The monoisotopic (exact) mass is 322 g/mol. The summed E-state index contributed by atoms with van der Waals surface area (Å²) in [6.45, 7) is 1.45. The number of allylic oxidation sites excluding steroid dienone is 1. The van der Waals surface area contributed by atoms with Gasteiger partial charge in [-0.25, -0.2) is 4.79 Å². The summed E-state index contributed by atoms with van der Waals surface area (Å²) >= 11 is 0. The zero-order valence-corrected chi connectivity index (χ0v) is 12.6. The fourth-order valence-corrected chi connectivity index (χ4v) is 1.94. The number of aliphatic hydroxyl groups is 2. The van der Waals surface area contributed by atoms with Crippen molar-refractivity contribution in [3.05, 3.63) is 41.0 Å². The number of aliphatic hydroxyl groups excluding tert-OH is 2. The van der Waals surface area contributed by atoms with Gasteiger partial charge in [0.25, 0.3) is 5.75 Å². The minimum absolute atomic E-state index is 0.116. The summed E-state index contributed by atoms with van der Waals surface area (Å²) in [5, 5.41) is 28.6. The van der Waals surface area contributed by atoms with Crippen LogP contribution in [0.2, 0.25) is 0 Å². The zero-order valence-electron chi connectivity index (χ0n) is 12.6. The van der Waals surface area contributed by atoms with E-state index in [-0.39, 0.29) is 47.9 Å². The quantitative estimate of drug-likeness (QED) is 0.524. The minimum Gasteiger partial charge on any atom is -0.503 e. The molecular formula is C16H18O7. The van der Waals surface area contributed by atoms with E-state index in [0.29, 0.717) is 0 Å². The normalized spacial score (nSPS) is 12.7. The van der Waals surface area contributed by atoms with Crippen molar-refractivity contribution >= 4 is 11.0 Å². The first kappa shape index (κ1) is 16.9. The molecule has 2 rings (SSSR count). The van der Waals surface area contributed by atoms with Gasteiger partial charge in [0.2, 0.25) is 0 Å². The molecule has 0 radical (unpaired) electrons. The third kappa shape index (κ3) is 3.82. The maximum Gasteiger partial charge on any atom is 0.383 e. The molecule has 1 aromatic carbocycles. The molecule has 0 aliphatic heterocycles. The van der Waals surface area contributed by atoms with Crippen LogP contribution in [0.3, 0.4) is 0 Å². The van der Waals surface area contributed by atoms with Crippen molar-refractivity contribution in [1.82, 2.24) is 0 Å². The van der Waals surface area contributed by atoms with E-state index in [0.717, 1.165) is 0 Å². The van der Waals surface area contributed by atoms with Gasteiger partial charge in [0.15, 0.2) is 5.75 Å². The summed E-state index contributed by atoms with van der Waals surface area (Å²) in [4.78, 5) is 11.8. The molecule has 0 aliphatic rings. The Hall–Kier alpha value is -2.51. The minimum atomic E-state index is -0.884. The highest BCUT2D eigenvalue weighted by atomic mass is 16.5. The molecule has 0 saturated heterocycles. The maximum absolute atomic E-state index is 11.8. The Morgan fingerprint density at radius 1 is 1.39 bits per heavy atom. The lowest BCUT2D eigenvalue weighted by atomic mass is 10.2. The topological polar surface area (TPSA) is 109 Å². The summed E-state index contributed by atoms with van der Waals surface area (Å²) in [6.07, 6.45) is 2.14. The molecule has 1 aromatic heterocycles. The lowest BCUT2D eigenvalue weighted by Gasteiger charge is -2.12. The molecule has 0 spiro atoms. The third-order valence-electron chi connectivity index (χ3n) is 3.07. The Morgan fingerprint density at radius 3 is 2.87 bits per heavy atom. The Labute approximate surface area is 132 Å². The van der Waals surface area contributed by atoms with Gasteiger partial charge in [-0.15, -0.1) is 0 Å². The smallest absolute Gasteiger partial charge is 0.383 e. The van der Waals surface area contributed by atoms with Gasteiger partial charge >= 0.3 is 5.63 Å². The first-order valence-corrected chi connectivity index (χ1v) is 7.06. The van der Waals surface area contributed by atoms with E-state index in [9.17, 15) is 15.0 Å². The Kier molecular flexibility index (Phi) is 5.61. The molecule has 0 fully saturated rings. The van der Waals surface area contributed by atoms with Crippen molar-refractivity contribution in [2.24, 2.45) is 0 Å². The highest BCUT2D eigenvalue weighted by Crippen LogP contribution is 2.37. The highest BCUT2D eigenvalue weighted by Gasteiger charge is 2.18. The van der Waals surface area contributed by atoms with Crippen LogP contribution in [-0.4, -0.2) is 34.6 Å². The molecule has 7 nitrogen and oxygen atoms in total. The SMILES string of the molecule is C/C=C\Oc1c(O)c2c(OCCC(O)CO)cccc2oc1=O. The lowest BCUT2D eigenvalue weighted by molar-refractivity contribution is 0.0756. The second-order valence-electron chi connectivity index (χ2n) is 4.76. The molecule has 1 atom stereocenters. The van der Waals surface area contributed by atoms with Crippen LogP contribution in [0.15, 0.2) is 39.7 Å². The number of rotatable bonds is 7. The van der Waals surface area contributed by atoms with Crippen LogP contribution < -0.4 is 15.1 Å². The maximum atomic E-state index is 11.8. The summed E-state index contributed by atoms with van der Waals surface area (Å²) in [5.74, 6) is -0.436. The Bertz CT molecular complexity index is 748.